The zero-order chi connectivity index (χ0) is 12.1. The van der Waals surface area contributed by atoms with Gasteiger partial charge in [-0.15, -0.1) is 0 Å². The summed E-state index contributed by atoms with van der Waals surface area (Å²) in [5.41, 5.74) is 0. The van der Waals surface area contributed by atoms with E-state index in [0.717, 1.165) is 0 Å². The lowest BCUT2D eigenvalue weighted by Gasteiger charge is -2.15. The maximum atomic E-state index is 13.1. The number of ketones is 1. The number of carbonyl (C=O) groups excluding carboxylic acids is 2. The van der Waals surface area contributed by atoms with Gasteiger partial charge in [-0.1, -0.05) is 20.8 Å². The number of hydrogen-bond donors (Lipinski definition) is 1. The van der Waals surface area contributed by atoms with Crippen molar-refractivity contribution < 1.29 is 18.4 Å². The van der Waals surface area contributed by atoms with E-state index in [0.29, 0.717) is 6.42 Å². The van der Waals surface area contributed by atoms with E-state index in [1.54, 1.807) is 20.8 Å². The number of rotatable bonds is 6. The average Bonchev–Trinajstić information content (AvgIpc) is 2.12. The first-order chi connectivity index (χ1) is 6.82. The van der Waals surface area contributed by atoms with Crippen LogP contribution in [0.5, 0.6) is 0 Å². The van der Waals surface area contributed by atoms with Crippen LogP contribution in [0.2, 0.25) is 0 Å². The number of carbonyl (C=O) groups is 2. The molecule has 0 fully saturated rings. The van der Waals surface area contributed by atoms with Gasteiger partial charge in [-0.2, -0.15) is 8.78 Å². The van der Waals surface area contributed by atoms with Crippen LogP contribution in [0, 0.1) is 5.92 Å². The Morgan fingerprint density at radius 1 is 1.33 bits per heavy atom. The van der Waals surface area contributed by atoms with Crippen LogP contribution < -0.4 is 5.32 Å². The van der Waals surface area contributed by atoms with E-state index >= 15 is 0 Å². The van der Waals surface area contributed by atoms with Crippen molar-refractivity contribution in [1.82, 2.24) is 5.32 Å². The van der Waals surface area contributed by atoms with Crippen molar-refractivity contribution in [2.75, 3.05) is 6.54 Å². The smallest absolute Gasteiger partial charge is 0.350 e. The van der Waals surface area contributed by atoms with Crippen LogP contribution in [0.15, 0.2) is 0 Å². The summed E-state index contributed by atoms with van der Waals surface area (Å²) in [7, 11) is 0. The molecule has 0 rings (SSSR count). The van der Waals surface area contributed by atoms with Crippen LogP contribution in [0.1, 0.15) is 33.6 Å². The third-order valence-electron chi connectivity index (χ3n) is 1.76. The quantitative estimate of drug-likeness (QED) is 0.695. The number of nitrogens with one attached hydrogen (secondary N) is 1. The summed E-state index contributed by atoms with van der Waals surface area (Å²) in [5, 5.41) is 2.02. The van der Waals surface area contributed by atoms with Crippen molar-refractivity contribution in [1.29, 1.82) is 0 Å². The molecule has 0 bridgehead atoms. The number of Topliss-reactive ketones (excluding diaryl/α,β-unsaturated/α-hetero) is 1. The fourth-order valence-corrected chi connectivity index (χ4v) is 0.975. The Morgan fingerprint density at radius 3 is 2.27 bits per heavy atom. The van der Waals surface area contributed by atoms with Crippen LogP contribution in [0.25, 0.3) is 0 Å². The highest BCUT2D eigenvalue weighted by Gasteiger charge is 2.46. The van der Waals surface area contributed by atoms with Gasteiger partial charge in [-0.3, -0.25) is 9.59 Å². The normalized spacial score (nSPS) is 11.6. The minimum absolute atomic E-state index is 0.156. The van der Waals surface area contributed by atoms with E-state index in [2.05, 4.69) is 0 Å². The minimum Gasteiger partial charge on any atom is -0.350 e. The topological polar surface area (TPSA) is 46.2 Å². The van der Waals surface area contributed by atoms with Crippen LogP contribution in [0.4, 0.5) is 8.78 Å². The molecule has 15 heavy (non-hydrogen) atoms. The van der Waals surface area contributed by atoms with Gasteiger partial charge in [0.25, 0.3) is 5.91 Å². The van der Waals surface area contributed by atoms with Crippen LogP contribution >= 0.6 is 0 Å². The van der Waals surface area contributed by atoms with Crippen molar-refractivity contribution in [2.24, 2.45) is 5.92 Å². The van der Waals surface area contributed by atoms with E-state index in [-0.39, 0.29) is 18.9 Å². The van der Waals surface area contributed by atoms with E-state index in [9.17, 15) is 18.4 Å². The van der Waals surface area contributed by atoms with Gasteiger partial charge in [0.1, 0.15) is 0 Å². The van der Waals surface area contributed by atoms with Gasteiger partial charge in [0, 0.05) is 13.0 Å². The van der Waals surface area contributed by atoms with Crippen molar-refractivity contribution in [3.8, 4) is 0 Å². The summed E-state index contributed by atoms with van der Waals surface area (Å²) >= 11 is 0. The number of halogens is 2. The molecule has 0 spiro atoms. The fourth-order valence-electron chi connectivity index (χ4n) is 0.975. The predicted octanol–water partition coefficient (Wildman–Crippen LogP) is 1.76. The third kappa shape index (κ3) is 4.36. The third-order valence-corrected chi connectivity index (χ3v) is 1.76. The average molecular weight is 221 g/mol. The summed E-state index contributed by atoms with van der Waals surface area (Å²) in [4.78, 5) is 22.0. The summed E-state index contributed by atoms with van der Waals surface area (Å²) in [6.45, 7) is 5.20. The van der Waals surface area contributed by atoms with Gasteiger partial charge in [0.05, 0.1) is 0 Å². The second kappa shape index (κ2) is 5.78. The zero-order valence-electron chi connectivity index (χ0n) is 9.27. The van der Waals surface area contributed by atoms with Gasteiger partial charge in [-0.25, -0.2) is 0 Å². The number of hydrogen-bond acceptors (Lipinski definition) is 2. The molecule has 0 aliphatic carbocycles. The SMILES string of the molecule is CCCNC(=O)C(F)(F)C(=O)CC(C)C. The highest BCUT2D eigenvalue weighted by molar-refractivity contribution is 6.07. The van der Waals surface area contributed by atoms with Crippen LogP contribution in [0.3, 0.4) is 0 Å². The molecule has 88 valence electrons. The van der Waals surface area contributed by atoms with Crippen LogP contribution in [-0.2, 0) is 9.59 Å². The second-order valence-corrected chi connectivity index (χ2v) is 3.85. The number of amides is 1. The zero-order valence-corrected chi connectivity index (χ0v) is 9.27. The molecule has 0 aromatic heterocycles. The molecule has 0 saturated heterocycles. The Morgan fingerprint density at radius 2 is 1.87 bits per heavy atom. The molecule has 5 heteroatoms. The van der Waals surface area contributed by atoms with Crippen molar-refractivity contribution >= 4 is 11.7 Å². The molecule has 0 aliphatic rings. The van der Waals surface area contributed by atoms with Crippen LogP contribution in [-0.4, -0.2) is 24.2 Å². The molecular weight excluding hydrogens is 204 g/mol. The Bertz CT molecular complexity index is 240. The molecule has 1 N–H and O–H groups in total. The largest absolute Gasteiger partial charge is 0.381 e. The molecule has 0 unspecified atom stereocenters. The Hall–Kier alpha value is -1.00. The second-order valence-electron chi connectivity index (χ2n) is 3.85. The monoisotopic (exact) mass is 221 g/mol. The summed E-state index contributed by atoms with van der Waals surface area (Å²) in [6, 6.07) is 0. The molecule has 0 heterocycles. The summed E-state index contributed by atoms with van der Waals surface area (Å²) in [6.07, 6.45) is 0.271. The molecule has 0 atom stereocenters. The lowest BCUT2D eigenvalue weighted by molar-refractivity contribution is -0.158. The van der Waals surface area contributed by atoms with Gasteiger partial charge < -0.3 is 5.32 Å². The fraction of sp³-hybridized carbons (Fsp3) is 0.800. The van der Waals surface area contributed by atoms with Gasteiger partial charge in [0.15, 0.2) is 0 Å². The minimum atomic E-state index is -3.89. The Labute approximate surface area is 88.2 Å². The van der Waals surface area contributed by atoms with Crippen molar-refractivity contribution in [3.05, 3.63) is 0 Å². The first-order valence-electron chi connectivity index (χ1n) is 5.01. The Kier molecular flexibility index (Phi) is 5.39. The molecule has 0 aromatic carbocycles. The molecule has 0 saturated carbocycles. The highest BCUT2D eigenvalue weighted by atomic mass is 19.3. The molecule has 1 amide bonds. The first-order valence-corrected chi connectivity index (χ1v) is 5.01. The molecular formula is C10H17F2NO2. The molecule has 3 nitrogen and oxygen atoms in total. The van der Waals surface area contributed by atoms with Gasteiger partial charge in [-0.05, 0) is 12.3 Å². The maximum absolute atomic E-state index is 13.1. The van der Waals surface area contributed by atoms with E-state index in [4.69, 9.17) is 0 Å². The van der Waals surface area contributed by atoms with E-state index in [1.165, 1.54) is 0 Å². The maximum Gasteiger partial charge on any atom is 0.381 e. The molecule has 0 aliphatic heterocycles. The van der Waals surface area contributed by atoms with Gasteiger partial charge >= 0.3 is 5.92 Å². The molecule has 0 aromatic rings. The standard InChI is InChI=1S/C10H17F2NO2/c1-4-5-13-9(15)10(11,12)8(14)6-7(2)3/h7H,4-6H2,1-3H3,(H,13,15). The van der Waals surface area contributed by atoms with E-state index in [1.807, 2.05) is 5.32 Å². The van der Waals surface area contributed by atoms with Crippen molar-refractivity contribution in [3.63, 3.8) is 0 Å². The van der Waals surface area contributed by atoms with Gasteiger partial charge in [0.2, 0.25) is 5.78 Å². The predicted molar refractivity (Wildman–Crippen MR) is 52.7 cm³/mol. The van der Waals surface area contributed by atoms with E-state index < -0.39 is 17.6 Å². The Balaban J connectivity index is 4.37. The van der Waals surface area contributed by atoms with Crippen molar-refractivity contribution in [2.45, 2.75) is 39.5 Å². The highest BCUT2D eigenvalue weighted by Crippen LogP contribution is 2.19. The number of alkyl halides is 2. The summed E-state index contributed by atoms with van der Waals surface area (Å²) < 4.78 is 26.3. The summed E-state index contributed by atoms with van der Waals surface area (Å²) in [5.74, 6) is -6.87. The lowest BCUT2D eigenvalue weighted by Crippen LogP contribution is -2.46. The molecule has 0 radical (unpaired) electrons. The lowest BCUT2D eigenvalue weighted by atomic mass is 10.0. The first kappa shape index (κ1) is 14.0.